The Morgan fingerprint density at radius 2 is 1.91 bits per heavy atom. The van der Waals surface area contributed by atoms with E-state index in [9.17, 15) is 4.79 Å². The summed E-state index contributed by atoms with van der Waals surface area (Å²) in [4.78, 5) is 23.3. The van der Waals surface area contributed by atoms with Crippen LogP contribution in [-0.4, -0.2) is 26.0 Å². The van der Waals surface area contributed by atoms with Crippen LogP contribution >= 0.6 is 11.6 Å². The number of pyridine rings is 1. The third kappa shape index (κ3) is 3.61. The summed E-state index contributed by atoms with van der Waals surface area (Å²) in [5.74, 6) is -0.259. The number of ether oxygens (including phenoxy) is 1. The molecule has 1 aromatic carbocycles. The molecular weight excluding hydrogens is 318 g/mol. The minimum absolute atomic E-state index is 0.0745. The van der Waals surface area contributed by atoms with Gasteiger partial charge in [0.05, 0.1) is 23.7 Å². The highest BCUT2D eigenvalue weighted by molar-refractivity contribution is 6.30. The van der Waals surface area contributed by atoms with E-state index in [0.29, 0.717) is 22.0 Å². The van der Waals surface area contributed by atoms with Crippen LogP contribution in [0.4, 0.5) is 0 Å². The summed E-state index contributed by atoms with van der Waals surface area (Å²) >= 11 is 5.91. The number of aromatic carboxylic acids is 1. The average Bonchev–Trinajstić information content (AvgIpc) is 2.55. The topological polar surface area (TPSA) is 85.2 Å². The number of rotatable bonds is 4. The van der Waals surface area contributed by atoms with E-state index in [1.54, 1.807) is 24.3 Å². The number of carboxylic acids is 1. The third-order valence-corrected chi connectivity index (χ3v) is 3.15. The molecule has 2 heterocycles. The van der Waals surface area contributed by atoms with E-state index in [-0.39, 0.29) is 11.4 Å². The molecule has 0 amide bonds. The number of hydrogen-bond acceptors (Lipinski definition) is 5. The molecule has 114 valence electrons. The van der Waals surface area contributed by atoms with Crippen LogP contribution in [0.5, 0.6) is 11.6 Å². The lowest BCUT2D eigenvalue weighted by atomic mass is 10.1. The molecule has 0 bridgehead atoms. The molecule has 0 saturated heterocycles. The van der Waals surface area contributed by atoms with Gasteiger partial charge in [0.1, 0.15) is 5.75 Å². The fourth-order valence-electron chi connectivity index (χ4n) is 1.88. The molecule has 0 spiro atoms. The first kappa shape index (κ1) is 14.9. The molecule has 1 N–H and O–H groups in total. The Morgan fingerprint density at radius 3 is 2.70 bits per heavy atom. The van der Waals surface area contributed by atoms with Crippen molar-refractivity contribution in [3.8, 4) is 22.9 Å². The van der Waals surface area contributed by atoms with Gasteiger partial charge in [-0.2, -0.15) is 0 Å². The van der Waals surface area contributed by atoms with Gasteiger partial charge in [-0.1, -0.05) is 17.7 Å². The van der Waals surface area contributed by atoms with Crippen LogP contribution in [0.15, 0.2) is 55.1 Å². The van der Waals surface area contributed by atoms with Crippen molar-refractivity contribution in [3.05, 3.63) is 65.7 Å². The monoisotopic (exact) mass is 327 g/mol. The zero-order chi connectivity index (χ0) is 16.2. The van der Waals surface area contributed by atoms with Crippen LogP contribution < -0.4 is 4.74 Å². The maximum Gasteiger partial charge on any atom is 0.337 e. The van der Waals surface area contributed by atoms with Gasteiger partial charge in [-0.25, -0.2) is 9.78 Å². The molecule has 0 aliphatic heterocycles. The number of benzene rings is 1. The van der Waals surface area contributed by atoms with Crippen LogP contribution in [0.2, 0.25) is 5.02 Å². The molecule has 3 aromatic rings. The van der Waals surface area contributed by atoms with Crippen molar-refractivity contribution in [2.24, 2.45) is 0 Å². The Labute approximate surface area is 136 Å². The van der Waals surface area contributed by atoms with Gasteiger partial charge in [0.2, 0.25) is 5.88 Å². The highest BCUT2D eigenvalue weighted by Gasteiger charge is 2.09. The van der Waals surface area contributed by atoms with E-state index in [1.807, 2.05) is 0 Å². The minimum Gasteiger partial charge on any atom is -0.478 e. The lowest BCUT2D eigenvalue weighted by Gasteiger charge is -2.06. The Balaban J connectivity index is 1.91. The van der Waals surface area contributed by atoms with E-state index in [0.717, 1.165) is 0 Å². The van der Waals surface area contributed by atoms with Gasteiger partial charge in [-0.3, -0.25) is 9.97 Å². The van der Waals surface area contributed by atoms with Crippen molar-refractivity contribution in [3.63, 3.8) is 0 Å². The molecule has 6 nitrogen and oxygen atoms in total. The maximum absolute atomic E-state index is 11.0. The van der Waals surface area contributed by atoms with Crippen molar-refractivity contribution in [1.82, 2.24) is 15.0 Å². The SMILES string of the molecule is O=C(O)c1cncc(-c2cncc(Oc3cccc(Cl)c3)n2)c1. The number of halogens is 1. The molecular formula is C16H10ClN3O3. The van der Waals surface area contributed by atoms with Gasteiger partial charge in [0.25, 0.3) is 0 Å². The largest absolute Gasteiger partial charge is 0.478 e. The Bertz CT molecular complexity index is 870. The fraction of sp³-hybridized carbons (Fsp3) is 0. The van der Waals surface area contributed by atoms with Crippen molar-refractivity contribution < 1.29 is 14.6 Å². The summed E-state index contributed by atoms with van der Waals surface area (Å²) in [5.41, 5.74) is 1.07. The second-order valence-electron chi connectivity index (χ2n) is 4.57. The molecule has 0 aliphatic rings. The van der Waals surface area contributed by atoms with Gasteiger partial charge < -0.3 is 9.84 Å². The van der Waals surface area contributed by atoms with Crippen molar-refractivity contribution in [2.75, 3.05) is 0 Å². The first-order chi connectivity index (χ1) is 11.1. The average molecular weight is 328 g/mol. The van der Waals surface area contributed by atoms with Gasteiger partial charge >= 0.3 is 5.97 Å². The van der Waals surface area contributed by atoms with Gasteiger partial charge in [0, 0.05) is 23.0 Å². The molecule has 0 atom stereocenters. The van der Waals surface area contributed by atoms with E-state index in [4.69, 9.17) is 21.4 Å². The van der Waals surface area contributed by atoms with Gasteiger partial charge in [0.15, 0.2) is 0 Å². The van der Waals surface area contributed by atoms with Crippen LogP contribution in [-0.2, 0) is 0 Å². The number of nitrogens with zero attached hydrogens (tertiary/aromatic N) is 3. The summed E-state index contributed by atoms with van der Waals surface area (Å²) in [5, 5.41) is 9.56. The van der Waals surface area contributed by atoms with E-state index < -0.39 is 5.97 Å². The lowest BCUT2D eigenvalue weighted by Crippen LogP contribution is -1.98. The normalized spacial score (nSPS) is 10.3. The van der Waals surface area contributed by atoms with E-state index in [1.165, 1.54) is 30.9 Å². The first-order valence-corrected chi connectivity index (χ1v) is 6.94. The Morgan fingerprint density at radius 1 is 1.09 bits per heavy atom. The molecule has 0 aliphatic carbocycles. The van der Waals surface area contributed by atoms with Crippen LogP contribution in [0.3, 0.4) is 0 Å². The Kier molecular flexibility index (Phi) is 4.16. The third-order valence-electron chi connectivity index (χ3n) is 2.91. The molecule has 0 unspecified atom stereocenters. The predicted molar refractivity (Wildman–Crippen MR) is 83.7 cm³/mol. The zero-order valence-electron chi connectivity index (χ0n) is 11.7. The molecule has 3 rings (SSSR count). The zero-order valence-corrected chi connectivity index (χ0v) is 12.4. The van der Waals surface area contributed by atoms with Crippen LogP contribution in [0.25, 0.3) is 11.3 Å². The van der Waals surface area contributed by atoms with Gasteiger partial charge in [-0.15, -0.1) is 0 Å². The number of aromatic nitrogens is 3. The summed E-state index contributed by atoms with van der Waals surface area (Å²) in [6.45, 7) is 0. The summed E-state index contributed by atoms with van der Waals surface area (Å²) < 4.78 is 5.60. The van der Waals surface area contributed by atoms with Crippen LogP contribution in [0.1, 0.15) is 10.4 Å². The quantitative estimate of drug-likeness (QED) is 0.786. The van der Waals surface area contributed by atoms with Crippen molar-refractivity contribution in [1.29, 1.82) is 0 Å². The second-order valence-corrected chi connectivity index (χ2v) is 5.01. The standard InChI is InChI=1S/C16H10ClN3O3/c17-12-2-1-3-13(5-12)23-15-9-19-8-14(20-15)10-4-11(16(21)22)7-18-6-10/h1-9H,(H,21,22). The van der Waals surface area contributed by atoms with Crippen LogP contribution in [0, 0.1) is 0 Å². The van der Waals surface area contributed by atoms with Gasteiger partial charge in [-0.05, 0) is 24.3 Å². The summed E-state index contributed by atoms with van der Waals surface area (Å²) in [6, 6.07) is 8.37. The van der Waals surface area contributed by atoms with E-state index >= 15 is 0 Å². The summed E-state index contributed by atoms with van der Waals surface area (Å²) in [6.07, 6.45) is 5.75. The maximum atomic E-state index is 11.0. The second kappa shape index (κ2) is 6.41. The fourth-order valence-corrected chi connectivity index (χ4v) is 2.06. The lowest BCUT2D eigenvalue weighted by molar-refractivity contribution is 0.0696. The highest BCUT2D eigenvalue weighted by atomic mass is 35.5. The summed E-state index contributed by atoms with van der Waals surface area (Å²) in [7, 11) is 0. The first-order valence-electron chi connectivity index (χ1n) is 6.56. The number of carbonyl (C=O) groups is 1. The predicted octanol–water partition coefficient (Wildman–Crippen LogP) is 3.68. The molecule has 2 aromatic heterocycles. The Hall–Kier alpha value is -2.99. The molecule has 23 heavy (non-hydrogen) atoms. The smallest absolute Gasteiger partial charge is 0.337 e. The molecule has 0 saturated carbocycles. The minimum atomic E-state index is -1.06. The van der Waals surface area contributed by atoms with Crippen molar-refractivity contribution >= 4 is 17.6 Å². The number of carboxylic acid groups (broad SMARTS) is 1. The van der Waals surface area contributed by atoms with E-state index in [2.05, 4.69) is 15.0 Å². The molecule has 7 heteroatoms. The molecule has 0 radical (unpaired) electrons. The number of hydrogen-bond donors (Lipinski definition) is 1. The highest BCUT2D eigenvalue weighted by Crippen LogP contribution is 2.24. The van der Waals surface area contributed by atoms with Crippen molar-refractivity contribution in [2.45, 2.75) is 0 Å². The molecule has 0 fully saturated rings.